The number of carbonyl (C=O) groups is 1. The summed E-state index contributed by atoms with van der Waals surface area (Å²) < 4.78 is 36.5. The van der Waals surface area contributed by atoms with Gasteiger partial charge in [0.05, 0.1) is 4.90 Å². The highest BCUT2D eigenvalue weighted by molar-refractivity contribution is 7.90. The van der Waals surface area contributed by atoms with Crippen LogP contribution in [0.2, 0.25) is 0 Å². The molecule has 3 nitrogen and oxygen atoms in total. The number of hydrogen-bond donors (Lipinski definition) is 0. The smallest absolute Gasteiger partial charge is 0.175 e. The lowest BCUT2D eigenvalue weighted by Crippen LogP contribution is -2.00. The molecule has 0 saturated carbocycles. The van der Waals surface area contributed by atoms with Crippen LogP contribution >= 0.6 is 0 Å². The van der Waals surface area contributed by atoms with E-state index in [0.29, 0.717) is 16.7 Å². The Bertz CT molecular complexity index is 779. The Hall–Kier alpha value is -2.01. The largest absolute Gasteiger partial charge is 0.294 e. The highest BCUT2D eigenvalue weighted by atomic mass is 32.2. The van der Waals surface area contributed by atoms with Crippen molar-refractivity contribution in [3.05, 3.63) is 53.8 Å². The van der Waals surface area contributed by atoms with E-state index >= 15 is 0 Å². The number of Topliss-reactive ketones (excluding diaryl/α,β-unsaturated/α-hetero) is 1. The quantitative estimate of drug-likeness (QED) is 0.817. The number of sulfone groups is 1. The lowest BCUT2D eigenvalue weighted by molar-refractivity contribution is 0.101. The van der Waals surface area contributed by atoms with E-state index in [2.05, 4.69) is 0 Å². The van der Waals surface area contributed by atoms with Crippen LogP contribution < -0.4 is 0 Å². The van der Waals surface area contributed by atoms with Gasteiger partial charge in [0, 0.05) is 11.8 Å². The van der Waals surface area contributed by atoms with E-state index < -0.39 is 15.7 Å². The first-order valence-corrected chi connectivity index (χ1v) is 7.79. The zero-order valence-corrected chi connectivity index (χ0v) is 11.9. The topological polar surface area (TPSA) is 51.2 Å². The minimum Gasteiger partial charge on any atom is -0.294 e. The Balaban J connectivity index is 2.68. The molecule has 104 valence electrons. The molecule has 2 rings (SSSR count). The summed E-state index contributed by atoms with van der Waals surface area (Å²) in [5.41, 5.74) is 1.25. The van der Waals surface area contributed by atoms with E-state index in [0.717, 1.165) is 6.26 Å². The van der Waals surface area contributed by atoms with E-state index in [4.69, 9.17) is 0 Å². The Morgan fingerprint density at radius 2 is 1.80 bits per heavy atom. The number of benzene rings is 2. The van der Waals surface area contributed by atoms with Gasteiger partial charge in [0.15, 0.2) is 15.6 Å². The summed E-state index contributed by atoms with van der Waals surface area (Å²) in [5, 5.41) is 0. The molecule has 0 aliphatic rings. The molecular weight excluding hydrogens is 279 g/mol. The number of halogens is 1. The summed E-state index contributed by atoms with van der Waals surface area (Å²) in [6.45, 7) is 1.39. The average Bonchev–Trinajstić information content (AvgIpc) is 2.37. The zero-order valence-electron chi connectivity index (χ0n) is 11.1. The molecule has 0 amide bonds. The van der Waals surface area contributed by atoms with Gasteiger partial charge in [-0.25, -0.2) is 12.8 Å². The van der Waals surface area contributed by atoms with Gasteiger partial charge < -0.3 is 0 Å². The van der Waals surface area contributed by atoms with Crippen molar-refractivity contribution < 1.29 is 17.6 Å². The minimum absolute atomic E-state index is 0.133. The lowest BCUT2D eigenvalue weighted by atomic mass is 9.97. The van der Waals surface area contributed by atoms with Crippen molar-refractivity contribution in [2.75, 3.05) is 6.26 Å². The predicted molar refractivity (Wildman–Crippen MR) is 75.0 cm³/mol. The Kier molecular flexibility index (Phi) is 3.72. The third-order valence-electron chi connectivity index (χ3n) is 2.93. The Morgan fingerprint density at radius 1 is 1.10 bits per heavy atom. The van der Waals surface area contributed by atoms with Crippen molar-refractivity contribution in [1.29, 1.82) is 0 Å². The summed E-state index contributed by atoms with van der Waals surface area (Å²) in [7, 11) is -3.36. The van der Waals surface area contributed by atoms with Crippen molar-refractivity contribution >= 4 is 15.6 Å². The molecule has 2 aromatic carbocycles. The maximum Gasteiger partial charge on any atom is 0.175 e. The van der Waals surface area contributed by atoms with Gasteiger partial charge in [-0.2, -0.15) is 0 Å². The fraction of sp³-hybridized carbons (Fsp3) is 0.133. The number of hydrogen-bond acceptors (Lipinski definition) is 3. The SMILES string of the molecule is CC(=O)c1ccc(F)cc1-c1cccc(S(C)(=O)=O)c1. The molecule has 0 unspecified atom stereocenters. The van der Waals surface area contributed by atoms with Gasteiger partial charge in [-0.05, 0) is 48.4 Å². The second kappa shape index (κ2) is 5.17. The molecule has 20 heavy (non-hydrogen) atoms. The van der Waals surface area contributed by atoms with Gasteiger partial charge in [0.25, 0.3) is 0 Å². The minimum atomic E-state index is -3.36. The van der Waals surface area contributed by atoms with Gasteiger partial charge in [0.2, 0.25) is 0 Å². The maximum absolute atomic E-state index is 13.4. The normalized spacial score (nSPS) is 11.3. The van der Waals surface area contributed by atoms with Crippen LogP contribution in [0.4, 0.5) is 4.39 Å². The molecule has 0 spiro atoms. The molecule has 2 aromatic rings. The van der Waals surface area contributed by atoms with Crippen LogP contribution in [-0.2, 0) is 9.84 Å². The van der Waals surface area contributed by atoms with Crippen LogP contribution in [0, 0.1) is 5.82 Å². The molecule has 0 radical (unpaired) electrons. The van der Waals surface area contributed by atoms with Crippen LogP contribution in [0.3, 0.4) is 0 Å². The van der Waals surface area contributed by atoms with Crippen LogP contribution in [0.25, 0.3) is 11.1 Å². The number of ketones is 1. The molecule has 0 bridgehead atoms. The van der Waals surface area contributed by atoms with Gasteiger partial charge in [-0.15, -0.1) is 0 Å². The average molecular weight is 292 g/mol. The number of rotatable bonds is 3. The van der Waals surface area contributed by atoms with Crippen LogP contribution in [0.5, 0.6) is 0 Å². The standard InChI is InChI=1S/C15H13FO3S/c1-10(17)14-7-6-12(16)9-15(14)11-4-3-5-13(8-11)20(2,18)19/h3-9H,1-2H3. The monoisotopic (exact) mass is 292 g/mol. The Morgan fingerprint density at radius 3 is 2.40 bits per heavy atom. The molecule has 0 aromatic heterocycles. The van der Waals surface area contributed by atoms with Crippen LogP contribution in [-0.4, -0.2) is 20.5 Å². The first-order chi connectivity index (χ1) is 9.29. The van der Waals surface area contributed by atoms with Gasteiger partial charge in [-0.3, -0.25) is 4.79 Å². The van der Waals surface area contributed by atoms with Crippen molar-refractivity contribution in [3.8, 4) is 11.1 Å². The van der Waals surface area contributed by atoms with E-state index in [1.807, 2.05) is 0 Å². The third-order valence-corrected chi connectivity index (χ3v) is 4.04. The highest BCUT2D eigenvalue weighted by Gasteiger charge is 2.13. The highest BCUT2D eigenvalue weighted by Crippen LogP contribution is 2.27. The van der Waals surface area contributed by atoms with Gasteiger partial charge in [0.1, 0.15) is 5.82 Å². The lowest BCUT2D eigenvalue weighted by Gasteiger charge is -2.09. The molecular formula is C15H13FO3S. The number of carbonyl (C=O) groups excluding carboxylic acids is 1. The molecule has 0 aliphatic heterocycles. The summed E-state index contributed by atoms with van der Waals surface area (Å²) >= 11 is 0. The molecule has 0 saturated heterocycles. The van der Waals surface area contributed by atoms with Gasteiger partial charge in [-0.1, -0.05) is 12.1 Å². The predicted octanol–water partition coefficient (Wildman–Crippen LogP) is 3.10. The summed E-state index contributed by atoms with van der Waals surface area (Å²) in [4.78, 5) is 11.7. The van der Waals surface area contributed by atoms with E-state index in [1.165, 1.54) is 37.3 Å². The molecule has 0 N–H and O–H groups in total. The molecule has 0 heterocycles. The van der Waals surface area contributed by atoms with Crippen molar-refractivity contribution in [2.45, 2.75) is 11.8 Å². The summed E-state index contributed by atoms with van der Waals surface area (Å²) in [6, 6.07) is 9.97. The third kappa shape index (κ3) is 2.93. The van der Waals surface area contributed by atoms with Crippen molar-refractivity contribution in [1.82, 2.24) is 0 Å². The van der Waals surface area contributed by atoms with Gasteiger partial charge >= 0.3 is 0 Å². The molecule has 0 aliphatic carbocycles. The molecule has 0 atom stereocenters. The summed E-state index contributed by atoms with van der Waals surface area (Å²) in [6.07, 6.45) is 1.10. The van der Waals surface area contributed by atoms with Crippen LogP contribution in [0.15, 0.2) is 47.4 Å². The molecule has 0 fully saturated rings. The van der Waals surface area contributed by atoms with E-state index in [9.17, 15) is 17.6 Å². The molecule has 5 heteroatoms. The first-order valence-electron chi connectivity index (χ1n) is 5.90. The second-order valence-electron chi connectivity index (χ2n) is 4.55. The zero-order chi connectivity index (χ0) is 14.9. The fourth-order valence-corrected chi connectivity index (χ4v) is 2.62. The Labute approximate surface area is 117 Å². The van der Waals surface area contributed by atoms with E-state index in [1.54, 1.807) is 12.1 Å². The fourth-order valence-electron chi connectivity index (χ4n) is 1.96. The maximum atomic E-state index is 13.4. The first kappa shape index (κ1) is 14.4. The van der Waals surface area contributed by atoms with Crippen molar-refractivity contribution in [2.24, 2.45) is 0 Å². The summed E-state index contributed by atoms with van der Waals surface area (Å²) in [5.74, 6) is -0.681. The van der Waals surface area contributed by atoms with Crippen LogP contribution in [0.1, 0.15) is 17.3 Å². The second-order valence-corrected chi connectivity index (χ2v) is 6.56. The van der Waals surface area contributed by atoms with Crippen molar-refractivity contribution in [3.63, 3.8) is 0 Å². The van der Waals surface area contributed by atoms with E-state index in [-0.39, 0.29) is 10.7 Å².